The molecule has 0 bridgehead atoms. The molecule has 2 aromatic rings. The molecule has 2 aromatic heterocycles. The summed E-state index contributed by atoms with van der Waals surface area (Å²) in [7, 11) is 0. The minimum Gasteiger partial charge on any atom is -0.331 e. The zero-order chi connectivity index (χ0) is 18.1. The maximum atomic E-state index is 12.8. The van der Waals surface area contributed by atoms with E-state index in [1.165, 1.54) is 17.3 Å². The van der Waals surface area contributed by atoms with Gasteiger partial charge in [-0.25, -0.2) is 0 Å². The summed E-state index contributed by atoms with van der Waals surface area (Å²) in [6, 6.07) is -0.0765. The van der Waals surface area contributed by atoms with E-state index in [1.807, 2.05) is 4.90 Å². The van der Waals surface area contributed by atoms with Gasteiger partial charge < -0.3 is 9.47 Å². The molecule has 2 aliphatic heterocycles. The van der Waals surface area contributed by atoms with Gasteiger partial charge >= 0.3 is 5.69 Å². The third-order valence-corrected chi connectivity index (χ3v) is 5.14. The minimum absolute atomic E-state index is 0.00860. The third kappa shape index (κ3) is 3.06. The fraction of sp³-hybridized carbons (Fsp3) is 0.625. The second-order valence-corrected chi connectivity index (χ2v) is 6.84. The van der Waals surface area contributed by atoms with Crippen molar-refractivity contribution in [2.45, 2.75) is 57.7 Å². The van der Waals surface area contributed by atoms with E-state index in [0.717, 1.165) is 56.5 Å². The summed E-state index contributed by atoms with van der Waals surface area (Å²) in [6.45, 7) is 1.56. The Morgan fingerprint density at radius 1 is 1.23 bits per heavy atom. The molecule has 0 saturated carbocycles. The van der Waals surface area contributed by atoms with Crippen molar-refractivity contribution in [1.29, 1.82) is 0 Å². The van der Waals surface area contributed by atoms with Crippen molar-refractivity contribution in [3.63, 3.8) is 0 Å². The monoisotopic (exact) mass is 359 g/mol. The molecule has 0 aliphatic carbocycles. The molecule has 10 heteroatoms. The zero-order valence-electron chi connectivity index (χ0n) is 14.5. The average Bonchev–Trinajstić information content (AvgIpc) is 3.31. The molecule has 0 aromatic carbocycles. The lowest BCUT2D eigenvalue weighted by Crippen LogP contribution is -2.34. The number of fused-ring (bicyclic) bond motifs is 1. The van der Waals surface area contributed by atoms with E-state index in [1.54, 1.807) is 0 Å². The summed E-state index contributed by atoms with van der Waals surface area (Å²) in [5, 5.41) is 23.4. The Morgan fingerprint density at radius 3 is 2.92 bits per heavy atom. The number of carbonyl (C=O) groups excluding carboxylic acids is 1. The molecule has 1 unspecified atom stereocenters. The van der Waals surface area contributed by atoms with Crippen molar-refractivity contribution < 1.29 is 9.72 Å². The Bertz CT molecular complexity index is 828. The third-order valence-electron chi connectivity index (χ3n) is 5.14. The molecule has 4 rings (SSSR count). The number of rotatable bonds is 4. The number of nitro groups is 1. The second-order valence-electron chi connectivity index (χ2n) is 6.84. The van der Waals surface area contributed by atoms with Gasteiger partial charge in [-0.05, 0) is 25.7 Å². The number of hydrogen-bond donors (Lipinski definition) is 0. The molecule has 0 N–H and O–H groups in total. The van der Waals surface area contributed by atoms with Gasteiger partial charge in [0.1, 0.15) is 24.8 Å². The van der Waals surface area contributed by atoms with E-state index in [2.05, 4.69) is 19.9 Å². The smallest absolute Gasteiger partial charge is 0.307 e. The maximum absolute atomic E-state index is 12.8. The number of aromatic nitrogens is 5. The molecule has 0 spiro atoms. The Kier molecular flexibility index (Phi) is 4.39. The molecule has 1 fully saturated rings. The summed E-state index contributed by atoms with van der Waals surface area (Å²) >= 11 is 0. The molecular weight excluding hydrogens is 338 g/mol. The highest BCUT2D eigenvalue weighted by Gasteiger charge is 2.34. The van der Waals surface area contributed by atoms with Gasteiger partial charge in [-0.1, -0.05) is 6.42 Å². The van der Waals surface area contributed by atoms with Gasteiger partial charge in [0.2, 0.25) is 5.91 Å². The number of nitrogens with zero attached hydrogens (tertiary/aromatic N) is 7. The molecule has 4 heterocycles. The van der Waals surface area contributed by atoms with Crippen LogP contribution in [0.2, 0.25) is 0 Å². The lowest BCUT2D eigenvalue weighted by molar-refractivity contribution is -0.385. The number of likely N-dealkylation sites (tertiary alicyclic amines) is 1. The van der Waals surface area contributed by atoms with Crippen LogP contribution < -0.4 is 0 Å². The predicted octanol–water partition coefficient (Wildman–Crippen LogP) is 1.47. The van der Waals surface area contributed by atoms with Crippen molar-refractivity contribution >= 4 is 11.6 Å². The quantitative estimate of drug-likeness (QED) is 0.603. The van der Waals surface area contributed by atoms with Crippen molar-refractivity contribution in [2.24, 2.45) is 0 Å². The molecule has 138 valence electrons. The summed E-state index contributed by atoms with van der Waals surface area (Å²) in [4.78, 5) is 24.8. The van der Waals surface area contributed by atoms with E-state index in [0.29, 0.717) is 6.54 Å². The van der Waals surface area contributed by atoms with Crippen LogP contribution in [0, 0.1) is 10.1 Å². The van der Waals surface area contributed by atoms with Gasteiger partial charge in [0.25, 0.3) is 0 Å². The van der Waals surface area contributed by atoms with Crippen LogP contribution in [-0.2, 0) is 24.3 Å². The maximum Gasteiger partial charge on any atom is 0.307 e. The van der Waals surface area contributed by atoms with Crippen molar-refractivity contribution in [2.75, 3.05) is 6.54 Å². The van der Waals surface area contributed by atoms with Gasteiger partial charge in [0.05, 0.1) is 11.0 Å². The lowest BCUT2D eigenvalue weighted by atomic mass is 10.2. The van der Waals surface area contributed by atoms with Crippen molar-refractivity contribution in [1.82, 2.24) is 29.4 Å². The van der Waals surface area contributed by atoms with Gasteiger partial charge in [-0.2, -0.15) is 5.10 Å². The molecule has 1 saturated heterocycles. The topological polar surface area (TPSA) is 112 Å². The normalized spacial score (nSPS) is 20.0. The Labute approximate surface area is 149 Å². The minimum atomic E-state index is -0.516. The van der Waals surface area contributed by atoms with E-state index >= 15 is 0 Å². The molecule has 10 nitrogen and oxygen atoms in total. The summed E-state index contributed by atoms with van der Waals surface area (Å²) in [5.41, 5.74) is -0.112. The SMILES string of the molecule is O=C(Cn1cc([N+](=O)[O-])cn1)N1CCCC1c1nnc2n1CCCCC2. The Hall–Kier alpha value is -2.78. The van der Waals surface area contributed by atoms with Crippen LogP contribution >= 0.6 is 0 Å². The average molecular weight is 359 g/mol. The highest BCUT2D eigenvalue weighted by Crippen LogP contribution is 2.32. The van der Waals surface area contributed by atoms with E-state index in [4.69, 9.17) is 0 Å². The molecular formula is C16H21N7O3. The van der Waals surface area contributed by atoms with Crippen LogP contribution in [0.15, 0.2) is 12.4 Å². The fourth-order valence-electron chi connectivity index (χ4n) is 3.85. The lowest BCUT2D eigenvalue weighted by Gasteiger charge is -2.24. The molecule has 1 amide bonds. The first kappa shape index (κ1) is 16.7. The molecule has 0 radical (unpaired) electrons. The van der Waals surface area contributed by atoms with Crippen LogP contribution in [0.1, 0.15) is 49.8 Å². The number of aryl methyl sites for hydroxylation is 1. The summed E-state index contributed by atoms with van der Waals surface area (Å²) in [6.07, 6.45) is 8.58. The van der Waals surface area contributed by atoms with Gasteiger partial charge in [-0.3, -0.25) is 19.6 Å². The first-order chi connectivity index (χ1) is 12.6. The van der Waals surface area contributed by atoms with Crippen molar-refractivity contribution in [3.8, 4) is 0 Å². The predicted molar refractivity (Wildman–Crippen MR) is 90.1 cm³/mol. The van der Waals surface area contributed by atoms with Gasteiger partial charge in [0.15, 0.2) is 5.82 Å². The van der Waals surface area contributed by atoms with Crippen molar-refractivity contribution in [3.05, 3.63) is 34.2 Å². The molecule has 26 heavy (non-hydrogen) atoms. The van der Waals surface area contributed by atoms with Gasteiger partial charge in [-0.15, -0.1) is 10.2 Å². The fourth-order valence-corrected chi connectivity index (χ4v) is 3.85. The van der Waals surface area contributed by atoms with Crippen LogP contribution in [-0.4, -0.2) is 46.8 Å². The number of amides is 1. The first-order valence-corrected chi connectivity index (χ1v) is 9.02. The van der Waals surface area contributed by atoms with Gasteiger partial charge in [0, 0.05) is 19.5 Å². The summed E-state index contributed by atoms with van der Waals surface area (Å²) < 4.78 is 3.50. The van der Waals surface area contributed by atoms with Crippen LogP contribution in [0.3, 0.4) is 0 Å². The highest BCUT2D eigenvalue weighted by molar-refractivity contribution is 5.76. The number of hydrogen-bond acceptors (Lipinski definition) is 6. The largest absolute Gasteiger partial charge is 0.331 e. The van der Waals surface area contributed by atoms with Crippen LogP contribution in [0.5, 0.6) is 0 Å². The standard InChI is InChI=1S/C16H21N7O3/c24-15(11-20-10-12(9-17-20)23(25)26)21-8-4-5-13(21)16-19-18-14-6-2-1-3-7-22(14)16/h9-10,13H,1-8,11H2. The van der Waals surface area contributed by atoms with E-state index in [9.17, 15) is 14.9 Å². The van der Waals surface area contributed by atoms with Crippen LogP contribution in [0.4, 0.5) is 5.69 Å². The zero-order valence-corrected chi connectivity index (χ0v) is 14.5. The first-order valence-electron chi connectivity index (χ1n) is 9.02. The molecule has 2 aliphatic rings. The Balaban J connectivity index is 1.52. The highest BCUT2D eigenvalue weighted by atomic mass is 16.6. The van der Waals surface area contributed by atoms with Crippen LogP contribution in [0.25, 0.3) is 0 Å². The van der Waals surface area contributed by atoms with E-state index in [-0.39, 0.29) is 24.2 Å². The number of carbonyl (C=O) groups is 1. The summed E-state index contributed by atoms with van der Waals surface area (Å²) in [5.74, 6) is 1.79. The second kappa shape index (κ2) is 6.85. The molecule has 1 atom stereocenters. The van der Waals surface area contributed by atoms with E-state index < -0.39 is 4.92 Å². The Morgan fingerprint density at radius 2 is 2.12 bits per heavy atom.